The Morgan fingerprint density at radius 2 is 1.96 bits per heavy atom. The molecule has 3 heterocycles. The van der Waals surface area contributed by atoms with E-state index in [9.17, 15) is 34.8 Å². The van der Waals surface area contributed by atoms with Crippen LogP contribution in [0.25, 0.3) is 0 Å². The maximum absolute atomic E-state index is 13.9. The van der Waals surface area contributed by atoms with Crippen molar-refractivity contribution >= 4 is 17.5 Å². The van der Waals surface area contributed by atoms with Crippen LogP contribution in [-0.2, 0) is 39.7 Å². The Bertz CT molecular complexity index is 1520. The average molecular weight is 630 g/mol. The molecule has 2 unspecified atom stereocenters. The number of aliphatic hydroxyl groups is 3. The molecule has 6 aliphatic rings. The Balaban J connectivity index is 1.26. The highest BCUT2D eigenvalue weighted by atomic mass is 16.7. The molecule has 45 heavy (non-hydrogen) atoms. The van der Waals surface area contributed by atoms with E-state index in [0.717, 1.165) is 0 Å². The second kappa shape index (κ2) is 11.0. The summed E-state index contributed by atoms with van der Waals surface area (Å²) in [5.41, 5.74) is -2.53. The number of ether oxygens (including phenoxy) is 6. The minimum atomic E-state index is -2.93. The molecule has 0 radical (unpaired) electrons. The minimum absolute atomic E-state index is 0.0115. The van der Waals surface area contributed by atoms with Gasteiger partial charge in [-0.3, -0.25) is 14.5 Å². The van der Waals surface area contributed by atoms with Crippen molar-refractivity contribution in [1.29, 1.82) is 0 Å². The van der Waals surface area contributed by atoms with Crippen LogP contribution in [-0.4, -0.2) is 125 Å². The van der Waals surface area contributed by atoms with E-state index in [4.69, 9.17) is 28.4 Å². The van der Waals surface area contributed by atoms with E-state index in [-0.39, 0.29) is 53.0 Å². The molecular weight excluding hydrogens is 594 g/mol. The van der Waals surface area contributed by atoms with Crippen molar-refractivity contribution in [3.8, 4) is 5.75 Å². The zero-order valence-corrected chi connectivity index (χ0v) is 24.9. The van der Waals surface area contributed by atoms with E-state index >= 15 is 0 Å². The Morgan fingerprint density at radius 3 is 2.67 bits per heavy atom. The zero-order chi connectivity index (χ0) is 31.9. The third kappa shape index (κ3) is 4.42. The molecule has 0 spiro atoms. The van der Waals surface area contributed by atoms with Crippen molar-refractivity contribution in [2.75, 3.05) is 27.4 Å². The van der Waals surface area contributed by atoms with E-state index in [0.29, 0.717) is 18.7 Å². The van der Waals surface area contributed by atoms with Crippen molar-refractivity contribution in [1.82, 2.24) is 4.90 Å². The van der Waals surface area contributed by atoms with E-state index in [1.54, 1.807) is 25.1 Å². The molecule has 1 aromatic rings. The molecule has 0 aromatic heterocycles. The number of ketones is 2. The van der Waals surface area contributed by atoms with Crippen LogP contribution >= 0.6 is 0 Å². The van der Waals surface area contributed by atoms with Gasteiger partial charge in [-0.05, 0) is 30.5 Å². The molecule has 4 N–H and O–H groups in total. The first-order chi connectivity index (χ1) is 21.5. The van der Waals surface area contributed by atoms with Gasteiger partial charge in [0.2, 0.25) is 11.4 Å². The summed E-state index contributed by atoms with van der Waals surface area (Å²) in [6.07, 6.45) is -6.54. The zero-order valence-electron chi connectivity index (χ0n) is 24.9. The topological polar surface area (TPSA) is 191 Å². The third-order valence-corrected chi connectivity index (χ3v) is 9.98. The second-order valence-corrected chi connectivity index (χ2v) is 12.3. The quantitative estimate of drug-likeness (QED) is 0.324. The third-order valence-electron chi connectivity index (χ3n) is 9.98. The lowest BCUT2D eigenvalue weighted by Gasteiger charge is -2.46. The van der Waals surface area contributed by atoms with Gasteiger partial charge in [-0.1, -0.05) is 12.1 Å². The Morgan fingerprint density at radius 1 is 1.18 bits per heavy atom. The monoisotopic (exact) mass is 629 g/mol. The van der Waals surface area contributed by atoms with Crippen LogP contribution in [0, 0.1) is 5.92 Å². The number of methoxy groups -OCH3 is 2. The van der Waals surface area contributed by atoms with Crippen molar-refractivity contribution in [3.63, 3.8) is 0 Å². The summed E-state index contributed by atoms with van der Waals surface area (Å²) in [5.74, 6) is -5.63. The number of rotatable bonds is 5. The number of carbonyl (C=O) groups is 3. The highest BCUT2D eigenvalue weighted by molar-refractivity contribution is 6.17. The van der Waals surface area contributed by atoms with Gasteiger partial charge in [0.15, 0.2) is 24.6 Å². The number of hydrogen-bond acceptors (Lipinski definition) is 13. The molecule has 0 bridgehead atoms. The predicted molar refractivity (Wildman–Crippen MR) is 149 cm³/mol. The number of carboxylic acids is 1. The van der Waals surface area contributed by atoms with Crippen molar-refractivity contribution in [2.24, 2.45) is 5.92 Å². The molecule has 4 fully saturated rings. The van der Waals surface area contributed by atoms with Crippen LogP contribution in [0.3, 0.4) is 0 Å². The van der Waals surface area contributed by atoms with Crippen molar-refractivity contribution in [2.45, 2.75) is 81.1 Å². The number of allylic oxidation sites excluding steroid dienone is 1. The summed E-state index contributed by atoms with van der Waals surface area (Å²) in [5, 5.41) is 44.5. The molecule has 7 rings (SSSR count). The minimum Gasteiger partial charge on any atom is -0.507 e. The van der Waals surface area contributed by atoms with Gasteiger partial charge >= 0.3 is 5.97 Å². The van der Waals surface area contributed by atoms with Gasteiger partial charge < -0.3 is 48.8 Å². The lowest BCUT2D eigenvalue weighted by atomic mass is 9.63. The van der Waals surface area contributed by atoms with Gasteiger partial charge in [0.1, 0.15) is 17.6 Å². The number of benzene rings is 1. The first-order valence-corrected chi connectivity index (χ1v) is 14.9. The number of carboxylic acid groups (broad SMARTS) is 1. The van der Waals surface area contributed by atoms with Crippen LogP contribution in [0.5, 0.6) is 5.75 Å². The second-order valence-electron chi connectivity index (χ2n) is 12.3. The van der Waals surface area contributed by atoms with Gasteiger partial charge in [-0.2, -0.15) is 0 Å². The summed E-state index contributed by atoms with van der Waals surface area (Å²) in [4.78, 5) is 41.9. The Hall–Kier alpha value is -3.21. The Kier molecular flexibility index (Phi) is 7.41. The SMILES string of the molecule is COc1cccc2c1C(=O)C1=C(C2)C(O)C2C(=O)[C@](O)(C(=O)O)C[C@H](O[C@H]3C[C@H]4[C@H](O[C@@H]5[C@@H](OC)OCCN54)[C@H](C)O3)C2=C1O. The number of aliphatic carboxylic acids is 1. The number of Topliss-reactive ketones (excluding diaryl/α,β-unsaturated/α-hetero) is 2. The predicted octanol–water partition coefficient (Wildman–Crippen LogP) is 0.240. The van der Waals surface area contributed by atoms with Gasteiger partial charge in [0.05, 0.1) is 49.1 Å². The fraction of sp³-hybridized carbons (Fsp3) is 0.581. The normalized spacial score (nSPS) is 39.5. The van der Waals surface area contributed by atoms with Gasteiger partial charge in [-0.15, -0.1) is 0 Å². The van der Waals surface area contributed by atoms with Crippen LogP contribution in [0.2, 0.25) is 0 Å². The molecule has 3 aliphatic heterocycles. The van der Waals surface area contributed by atoms with Crippen LogP contribution < -0.4 is 4.74 Å². The number of aliphatic hydroxyl groups excluding tert-OH is 2. The number of fused-ring (bicyclic) bond motifs is 5. The molecule has 14 nitrogen and oxygen atoms in total. The fourth-order valence-corrected chi connectivity index (χ4v) is 7.87. The van der Waals surface area contributed by atoms with E-state index in [1.165, 1.54) is 14.2 Å². The molecule has 0 amide bonds. The average Bonchev–Trinajstić information content (AvgIpc) is 3.40. The molecule has 1 saturated carbocycles. The summed E-state index contributed by atoms with van der Waals surface area (Å²) in [6, 6.07) is 4.75. The Labute approximate surface area is 257 Å². The van der Waals surface area contributed by atoms with Crippen LogP contribution in [0.15, 0.2) is 40.7 Å². The smallest absolute Gasteiger partial charge is 0.343 e. The lowest BCUT2D eigenvalue weighted by molar-refractivity contribution is -0.254. The first kappa shape index (κ1) is 30.4. The lowest BCUT2D eigenvalue weighted by Crippen LogP contribution is -2.61. The highest BCUT2D eigenvalue weighted by Gasteiger charge is 2.61. The molecule has 1 aromatic carbocycles. The molecular formula is C31H35NO13. The molecule has 3 aliphatic carbocycles. The molecule has 10 atom stereocenters. The number of carbonyl (C=O) groups excluding carboxylic acids is 2. The largest absolute Gasteiger partial charge is 0.507 e. The van der Waals surface area contributed by atoms with Gasteiger partial charge in [0, 0.05) is 38.1 Å². The van der Waals surface area contributed by atoms with E-state index < -0.39 is 78.4 Å². The van der Waals surface area contributed by atoms with Crippen molar-refractivity contribution < 1.29 is 63.2 Å². The molecule has 3 saturated heterocycles. The fourth-order valence-electron chi connectivity index (χ4n) is 7.87. The summed E-state index contributed by atoms with van der Waals surface area (Å²) in [6.45, 7) is 2.78. The maximum atomic E-state index is 13.9. The van der Waals surface area contributed by atoms with E-state index in [1.807, 2.05) is 0 Å². The van der Waals surface area contributed by atoms with Gasteiger partial charge in [-0.25, -0.2) is 4.79 Å². The number of nitrogens with zero attached hydrogens (tertiary/aromatic N) is 1. The molecule has 14 heteroatoms. The van der Waals surface area contributed by atoms with Crippen LogP contribution in [0.1, 0.15) is 35.7 Å². The number of morpholine rings is 1. The number of hydrogen-bond donors (Lipinski definition) is 4. The summed E-state index contributed by atoms with van der Waals surface area (Å²) >= 11 is 0. The van der Waals surface area contributed by atoms with Crippen molar-refractivity contribution in [3.05, 3.63) is 51.8 Å². The summed E-state index contributed by atoms with van der Waals surface area (Å²) in [7, 11) is 2.94. The first-order valence-electron chi connectivity index (χ1n) is 14.9. The standard InChI is InChI=1S/C31H35NO13/c1-12-26-15(32-7-8-42-29(41-3)28(32)45-26)10-18(43-12)44-17-11-31(39,30(37)38)27(36)22-21(17)25(35)20-14(23(22)33)9-13-5-4-6-16(40-2)19(13)24(20)34/h4-6,12,15,17-18,22-23,26,28-29,33,35,39H,7-11H2,1-3H3,(H,37,38)/t12-,15-,17-,18-,22?,23?,26+,28+,29-,31-/m0/s1. The van der Waals surface area contributed by atoms with Crippen LogP contribution in [0.4, 0.5) is 0 Å². The molecule has 242 valence electrons. The van der Waals surface area contributed by atoms with E-state index in [2.05, 4.69) is 4.90 Å². The van der Waals surface area contributed by atoms with Gasteiger partial charge in [0.25, 0.3) is 0 Å². The summed E-state index contributed by atoms with van der Waals surface area (Å²) < 4.78 is 35.2. The highest BCUT2D eigenvalue weighted by Crippen LogP contribution is 2.49. The maximum Gasteiger partial charge on any atom is 0.343 e.